The monoisotopic (exact) mass is 740 g/mol. The van der Waals surface area contributed by atoms with Crippen LogP contribution in [0, 0.1) is 0 Å². The van der Waals surface area contributed by atoms with Gasteiger partial charge < -0.3 is 8.98 Å². The fourth-order valence-corrected chi connectivity index (χ4v) is 8.61. The average Bonchev–Trinajstić information content (AvgIpc) is 3.82. The molecular formula is C53H32N4O. The molecule has 12 aromatic rings. The fourth-order valence-electron chi connectivity index (χ4n) is 8.61. The van der Waals surface area contributed by atoms with Gasteiger partial charge in [0.15, 0.2) is 17.5 Å². The smallest absolute Gasteiger partial charge is 0.164 e. The third kappa shape index (κ3) is 5.21. The SMILES string of the molecule is c1ccc(-c2nc(-c3cccc(-c4ccc(-n5c6cc7ccccc7cc6c6cc7ccccc7cc65)cc4)c3)nc(-c3cccc4oc5ccccc5c34)n2)cc1. The van der Waals surface area contributed by atoms with Crippen molar-refractivity contribution in [3.05, 3.63) is 194 Å². The lowest BCUT2D eigenvalue weighted by atomic mass is 10.0. The van der Waals surface area contributed by atoms with Gasteiger partial charge in [0.05, 0.1) is 11.0 Å². The number of nitrogens with zero attached hydrogens (tertiary/aromatic N) is 4. The highest BCUT2D eigenvalue weighted by atomic mass is 16.3. The van der Waals surface area contributed by atoms with Gasteiger partial charge in [-0.15, -0.1) is 0 Å². The summed E-state index contributed by atoms with van der Waals surface area (Å²) in [6, 6.07) is 68.2. The quantitative estimate of drug-likeness (QED) is 0.176. The number of hydrogen-bond donors (Lipinski definition) is 0. The van der Waals surface area contributed by atoms with Crippen LogP contribution in [0.4, 0.5) is 0 Å². The molecule has 5 nitrogen and oxygen atoms in total. The van der Waals surface area contributed by atoms with Crippen molar-refractivity contribution in [2.24, 2.45) is 0 Å². The minimum atomic E-state index is 0.600. The minimum Gasteiger partial charge on any atom is -0.456 e. The lowest BCUT2D eigenvalue weighted by Gasteiger charge is -2.12. The molecule has 0 aliphatic rings. The highest BCUT2D eigenvalue weighted by molar-refractivity contribution is 6.17. The molecule has 58 heavy (non-hydrogen) atoms. The van der Waals surface area contributed by atoms with Gasteiger partial charge in [0.1, 0.15) is 11.2 Å². The predicted octanol–water partition coefficient (Wildman–Crippen LogP) is 13.8. The first-order chi connectivity index (χ1) is 28.7. The van der Waals surface area contributed by atoms with Gasteiger partial charge in [0, 0.05) is 43.9 Å². The molecule has 0 fully saturated rings. The molecule has 5 heteroatoms. The number of rotatable bonds is 5. The molecule has 0 atom stereocenters. The summed E-state index contributed by atoms with van der Waals surface area (Å²) in [5.74, 6) is 1.83. The van der Waals surface area contributed by atoms with E-state index in [0.717, 1.165) is 55.4 Å². The van der Waals surface area contributed by atoms with E-state index in [1.165, 1.54) is 43.4 Å². The standard InChI is InChI=1S/C53H32N4O/c1-2-12-34(13-3-1)51-54-52(56-53(55-51)43-21-11-23-49-50(43)42-20-8-9-22-48(42)58-49)40-19-10-18-35(28-40)33-24-26-41(27-25-33)57-46-31-38-16-6-4-14-36(38)29-44(46)45-30-37-15-5-7-17-39(37)32-47(45)57/h1-32H. The second-order valence-corrected chi connectivity index (χ2v) is 14.8. The molecule has 0 aliphatic carbocycles. The summed E-state index contributed by atoms with van der Waals surface area (Å²) in [4.78, 5) is 15.3. The maximum absolute atomic E-state index is 6.24. The molecule has 0 saturated carbocycles. The number of furan rings is 1. The molecule has 0 aliphatic heterocycles. The van der Waals surface area contributed by atoms with Gasteiger partial charge in [0.25, 0.3) is 0 Å². The summed E-state index contributed by atoms with van der Waals surface area (Å²) in [5, 5.41) is 9.46. The number of para-hydroxylation sites is 1. The van der Waals surface area contributed by atoms with Crippen LogP contribution in [0.5, 0.6) is 0 Å². The van der Waals surface area contributed by atoms with Crippen molar-refractivity contribution in [1.82, 2.24) is 19.5 Å². The van der Waals surface area contributed by atoms with Crippen molar-refractivity contribution in [3.63, 3.8) is 0 Å². The van der Waals surface area contributed by atoms with Gasteiger partial charge in [-0.1, -0.05) is 140 Å². The first-order valence-electron chi connectivity index (χ1n) is 19.5. The van der Waals surface area contributed by atoms with Crippen molar-refractivity contribution in [1.29, 1.82) is 0 Å². The lowest BCUT2D eigenvalue weighted by molar-refractivity contribution is 0.669. The largest absolute Gasteiger partial charge is 0.456 e. The van der Waals surface area contributed by atoms with Crippen LogP contribution in [0.25, 0.3) is 116 Å². The fraction of sp³-hybridized carbons (Fsp3) is 0. The number of benzene rings is 9. The third-order valence-electron chi connectivity index (χ3n) is 11.4. The molecule has 3 heterocycles. The Bertz CT molecular complexity index is 3470. The van der Waals surface area contributed by atoms with Gasteiger partial charge >= 0.3 is 0 Å². The van der Waals surface area contributed by atoms with Crippen molar-refractivity contribution in [2.75, 3.05) is 0 Å². The van der Waals surface area contributed by atoms with E-state index in [9.17, 15) is 0 Å². The molecular weight excluding hydrogens is 709 g/mol. The second-order valence-electron chi connectivity index (χ2n) is 14.8. The molecule has 0 saturated heterocycles. The van der Waals surface area contributed by atoms with Gasteiger partial charge in [-0.05, 0) is 87.3 Å². The summed E-state index contributed by atoms with van der Waals surface area (Å²) in [6.07, 6.45) is 0. The first kappa shape index (κ1) is 32.4. The van der Waals surface area contributed by atoms with Crippen molar-refractivity contribution < 1.29 is 4.42 Å². The van der Waals surface area contributed by atoms with Crippen LogP contribution in [-0.2, 0) is 0 Å². The van der Waals surface area contributed by atoms with Gasteiger partial charge in [-0.3, -0.25) is 0 Å². The van der Waals surface area contributed by atoms with Gasteiger partial charge in [-0.2, -0.15) is 0 Å². The molecule has 270 valence electrons. The summed E-state index contributed by atoms with van der Waals surface area (Å²) < 4.78 is 8.65. The molecule has 0 spiro atoms. The van der Waals surface area contributed by atoms with E-state index < -0.39 is 0 Å². The van der Waals surface area contributed by atoms with Crippen LogP contribution in [0.1, 0.15) is 0 Å². The summed E-state index contributed by atoms with van der Waals surface area (Å²) in [7, 11) is 0. The molecule has 0 bridgehead atoms. The number of hydrogen-bond acceptors (Lipinski definition) is 4. The van der Waals surface area contributed by atoms with Crippen LogP contribution < -0.4 is 0 Å². The summed E-state index contributed by atoms with van der Waals surface area (Å²) in [5.41, 5.74) is 10.1. The van der Waals surface area contributed by atoms with Crippen LogP contribution >= 0.6 is 0 Å². The van der Waals surface area contributed by atoms with Crippen molar-refractivity contribution >= 4 is 65.3 Å². The Kier molecular flexibility index (Phi) is 7.16. The molecule has 0 unspecified atom stereocenters. The summed E-state index contributed by atoms with van der Waals surface area (Å²) >= 11 is 0. The van der Waals surface area contributed by atoms with Gasteiger partial charge in [0.2, 0.25) is 0 Å². The molecule has 0 radical (unpaired) electrons. The number of fused-ring (bicyclic) bond motifs is 8. The highest BCUT2D eigenvalue weighted by Crippen LogP contribution is 2.39. The zero-order valence-electron chi connectivity index (χ0n) is 31.2. The summed E-state index contributed by atoms with van der Waals surface area (Å²) in [6.45, 7) is 0. The van der Waals surface area contributed by atoms with Gasteiger partial charge in [-0.25, -0.2) is 15.0 Å². The predicted molar refractivity (Wildman–Crippen MR) is 238 cm³/mol. The topological polar surface area (TPSA) is 56.7 Å². The van der Waals surface area contributed by atoms with Crippen molar-refractivity contribution in [3.8, 4) is 51.0 Å². The number of aromatic nitrogens is 4. The van der Waals surface area contributed by atoms with E-state index >= 15 is 0 Å². The van der Waals surface area contributed by atoms with E-state index in [0.29, 0.717) is 17.5 Å². The zero-order chi connectivity index (χ0) is 38.2. The van der Waals surface area contributed by atoms with Crippen LogP contribution in [0.15, 0.2) is 199 Å². The maximum Gasteiger partial charge on any atom is 0.164 e. The lowest BCUT2D eigenvalue weighted by Crippen LogP contribution is -2.00. The Morgan fingerprint density at radius 1 is 0.345 bits per heavy atom. The highest BCUT2D eigenvalue weighted by Gasteiger charge is 2.19. The molecule has 3 aromatic heterocycles. The Balaban J connectivity index is 0.983. The molecule has 0 N–H and O–H groups in total. The van der Waals surface area contributed by atoms with E-state index in [1.54, 1.807) is 0 Å². The van der Waals surface area contributed by atoms with E-state index in [1.807, 2.05) is 60.7 Å². The molecule has 0 amide bonds. The normalized spacial score (nSPS) is 11.8. The Labute approximate surface area is 333 Å². The average molecular weight is 741 g/mol. The Morgan fingerprint density at radius 2 is 0.879 bits per heavy atom. The Hall–Kier alpha value is -7.89. The van der Waals surface area contributed by atoms with Crippen LogP contribution in [0.2, 0.25) is 0 Å². The van der Waals surface area contributed by atoms with Crippen LogP contribution in [-0.4, -0.2) is 19.5 Å². The maximum atomic E-state index is 6.24. The zero-order valence-corrected chi connectivity index (χ0v) is 31.2. The molecule has 9 aromatic carbocycles. The van der Waals surface area contributed by atoms with E-state index in [2.05, 4.69) is 138 Å². The Morgan fingerprint density at radius 3 is 1.59 bits per heavy atom. The first-order valence-corrected chi connectivity index (χ1v) is 19.5. The van der Waals surface area contributed by atoms with Crippen LogP contribution in [0.3, 0.4) is 0 Å². The minimum absolute atomic E-state index is 0.600. The second kappa shape index (κ2) is 12.8. The third-order valence-corrected chi connectivity index (χ3v) is 11.4. The van der Waals surface area contributed by atoms with Crippen molar-refractivity contribution in [2.45, 2.75) is 0 Å². The van der Waals surface area contributed by atoms with E-state index in [-0.39, 0.29) is 0 Å². The van der Waals surface area contributed by atoms with E-state index in [4.69, 9.17) is 19.4 Å². The molecule has 12 rings (SSSR count).